The predicted molar refractivity (Wildman–Crippen MR) is 36.6 cm³/mol. The number of rotatable bonds is 3. The van der Waals surface area contributed by atoms with E-state index in [0.717, 1.165) is 0 Å². The van der Waals surface area contributed by atoms with Gasteiger partial charge in [-0.15, -0.1) is 6.42 Å². The molecule has 1 radical (unpaired) electrons. The summed E-state index contributed by atoms with van der Waals surface area (Å²) in [5.41, 5.74) is 0. The topological polar surface area (TPSA) is 27.1 Å². The summed E-state index contributed by atoms with van der Waals surface area (Å²) < 4.78 is 29.2. The molecule has 0 aromatic carbocycles. The van der Waals surface area contributed by atoms with Gasteiger partial charge in [0.05, 0.1) is 0 Å². The highest BCUT2D eigenvalue weighted by molar-refractivity contribution is 5.08. The van der Waals surface area contributed by atoms with Crippen molar-refractivity contribution in [2.75, 3.05) is 6.61 Å². The third-order valence-corrected chi connectivity index (χ3v) is 1.07. The fourth-order valence-corrected chi connectivity index (χ4v) is 0.625. The SMILES string of the molecule is C#CCOc1c[c]nn1C(F)F. The standard InChI is InChI=1S/C7H5F2N2O/c1-2-5-12-6-3-4-10-11(6)7(8)9/h1,3,7H,5H2. The molecule has 1 heterocycles. The minimum Gasteiger partial charge on any atom is -0.465 e. The first-order chi connectivity index (χ1) is 5.75. The van der Waals surface area contributed by atoms with Crippen LogP contribution in [0.25, 0.3) is 0 Å². The average molecular weight is 171 g/mol. The van der Waals surface area contributed by atoms with Crippen LogP contribution in [0.3, 0.4) is 0 Å². The lowest BCUT2D eigenvalue weighted by Crippen LogP contribution is -2.05. The lowest BCUT2D eigenvalue weighted by atomic mass is 10.7. The first kappa shape index (κ1) is 8.53. The molecule has 0 bridgehead atoms. The summed E-state index contributed by atoms with van der Waals surface area (Å²) in [4.78, 5) is 0. The molecule has 0 saturated heterocycles. The summed E-state index contributed by atoms with van der Waals surface area (Å²) in [6.45, 7) is -2.80. The molecule has 0 unspecified atom stereocenters. The van der Waals surface area contributed by atoms with Gasteiger partial charge in [-0.25, -0.2) is 0 Å². The maximum Gasteiger partial charge on any atom is 0.336 e. The van der Waals surface area contributed by atoms with Gasteiger partial charge in [0.1, 0.15) is 6.20 Å². The summed E-state index contributed by atoms with van der Waals surface area (Å²) >= 11 is 0. The van der Waals surface area contributed by atoms with E-state index < -0.39 is 6.55 Å². The van der Waals surface area contributed by atoms with Gasteiger partial charge in [-0.2, -0.15) is 18.6 Å². The van der Waals surface area contributed by atoms with Gasteiger partial charge in [-0.3, -0.25) is 0 Å². The molecular formula is C7H5F2N2O. The van der Waals surface area contributed by atoms with Crippen LogP contribution in [0.4, 0.5) is 8.78 Å². The molecule has 0 atom stereocenters. The Morgan fingerprint density at radius 3 is 3.17 bits per heavy atom. The van der Waals surface area contributed by atoms with Crippen LogP contribution in [0.1, 0.15) is 6.55 Å². The van der Waals surface area contributed by atoms with E-state index in [4.69, 9.17) is 11.2 Å². The fraction of sp³-hybridized carbons (Fsp3) is 0.286. The number of alkyl halides is 2. The second-order valence-electron chi connectivity index (χ2n) is 1.83. The van der Waals surface area contributed by atoms with Gasteiger partial charge in [0, 0.05) is 6.07 Å². The Kier molecular flexibility index (Phi) is 2.64. The second-order valence-corrected chi connectivity index (χ2v) is 1.83. The number of aromatic nitrogens is 2. The van der Waals surface area contributed by atoms with Gasteiger partial charge in [0.2, 0.25) is 5.88 Å². The van der Waals surface area contributed by atoms with Gasteiger partial charge < -0.3 is 4.74 Å². The van der Waals surface area contributed by atoms with Gasteiger partial charge in [-0.05, 0) is 0 Å². The van der Waals surface area contributed by atoms with Crippen LogP contribution in [-0.4, -0.2) is 16.4 Å². The van der Waals surface area contributed by atoms with Crippen molar-refractivity contribution >= 4 is 0 Å². The fourth-order valence-electron chi connectivity index (χ4n) is 0.625. The first-order valence-electron chi connectivity index (χ1n) is 3.05. The number of hydrogen-bond donors (Lipinski definition) is 0. The maximum atomic E-state index is 12.0. The molecule has 0 amide bonds. The molecular weight excluding hydrogens is 166 g/mol. The van der Waals surface area contributed by atoms with Crippen molar-refractivity contribution in [1.82, 2.24) is 9.78 Å². The monoisotopic (exact) mass is 171 g/mol. The zero-order chi connectivity index (χ0) is 8.97. The van der Waals surface area contributed by atoms with E-state index in [1.165, 1.54) is 6.07 Å². The molecule has 0 aliphatic heterocycles. The Labute approximate surface area is 67.9 Å². The molecule has 5 heteroatoms. The molecule has 0 saturated carbocycles. The van der Waals surface area contributed by atoms with Crippen molar-refractivity contribution in [3.8, 4) is 18.2 Å². The summed E-state index contributed by atoms with van der Waals surface area (Å²) in [6.07, 6.45) is 7.10. The van der Waals surface area contributed by atoms with Crippen LogP contribution in [0.2, 0.25) is 0 Å². The number of hydrogen-bond acceptors (Lipinski definition) is 2. The van der Waals surface area contributed by atoms with Crippen LogP contribution in [0.15, 0.2) is 6.07 Å². The van der Waals surface area contributed by atoms with E-state index >= 15 is 0 Å². The molecule has 0 aliphatic carbocycles. The van der Waals surface area contributed by atoms with E-state index in [1.807, 2.05) is 0 Å². The Morgan fingerprint density at radius 1 is 1.83 bits per heavy atom. The normalized spacial score (nSPS) is 9.83. The Morgan fingerprint density at radius 2 is 2.58 bits per heavy atom. The quantitative estimate of drug-likeness (QED) is 0.636. The largest absolute Gasteiger partial charge is 0.465 e. The predicted octanol–water partition coefficient (Wildman–Crippen LogP) is 1.09. The highest BCUT2D eigenvalue weighted by Crippen LogP contribution is 2.17. The third kappa shape index (κ3) is 1.72. The minimum absolute atomic E-state index is 0.0632. The van der Waals surface area contributed by atoms with Gasteiger partial charge in [0.15, 0.2) is 6.61 Å². The summed E-state index contributed by atoms with van der Waals surface area (Å²) in [5, 5.41) is 3.22. The number of nitrogens with zero attached hydrogens (tertiary/aromatic N) is 2. The zero-order valence-corrected chi connectivity index (χ0v) is 6.00. The van der Waals surface area contributed by atoms with E-state index in [9.17, 15) is 8.78 Å². The molecule has 1 aromatic heterocycles. The van der Waals surface area contributed by atoms with Gasteiger partial charge >= 0.3 is 6.55 Å². The van der Waals surface area contributed by atoms with Crippen molar-refractivity contribution in [2.45, 2.75) is 6.55 Å². The molecule has 1 rings (SSSR count). The van der Waals surface area contributed by atoms with Crippen molar-refractivity contribution in [3.63, 3.8) is 0 Å². The molecule has 1 aromatic rings. The first-order valence-corrected chi connectivity index (χ1v) is 3.05. The molecule has 12 heavy (non-hydrogen) atoms. The summed E-state index contributed by atoms with van der Waals surface area (Å²) in [7, 11) is 0. The summed E-state index contributed by atoms with van der Waals surface area (Å²) in [5.74, 6) is 2.07. The molecule has 0 aliphatic rings. The number of halogens is 2. The van der Waals surface area contributed by atoms with Crippen LogP contribution < -0.4 is 4.74 Å². The number of ether oxygens (including phenoxy) is 1. The third-order valence-electron chi connectivity index (χ3n) is 1.07. The van der Waals surface area contributed by atoms with E-state index in [-0.39, 0.29) is 12.5 Å². The summed E-state index contributed by atoms with van der Waals surface area (Å²) in [6, 6.07) is 1.20. The van der Waals surface area contributed by atoms with Gasteiger partial charge in [-0.1, -0.05) is 5.92 Å². The average Bonchev–Trinajstić information content (AvgIpc) is 2.48. The molecule has 3 nitrogen and oxygen atoms in total. The molecule has 0 fully saturated rings. The van der Waals surface area contributed by atoms with Crippen molar-refractivity contribution in [1.29, 1.82) is 0 Å². The van der Waals surface area contributed by atoms with Crippen LogP contribution in [0.5, 0.6) is 5.88 Å². The Bertz CT molecular complexity index is 290. The van der Waals surface area contributed by atoms with Crippen molar-refractivity contribution < 1.29 is 13.5 Å². The highest BCUT2D eigenvalue weighted by Gasteiger charge is 2.11. The van der Waals surface area contributed by atoms with Crippen LogP contribution in [0, 0.1) is 18.5 Å². The Balaban J connectivity index is 2.72. The number of terminal acetylenes is 1. The second kappa shape index (κ2) is 3.72. The van der Waals surface area contributed by atoms with E-state index in [0.29, 0.717) is 4.68 Å². The van der Waals surface area contributed by atoms with Crippen LogP contribution in [-0.2, 0) is 0 Å². The highest BCUT2D eigenvalue weighted by atomic mass is 19.3. The Hall–Kier alpha value is -1.57. The van der Waals surface area contributed by atoms with Crippen molar-refractivity contribution in [3.05, 3.63) is 12.3 Å². The van der Waals surface area contributed by atoms with Crippen molar-refractivity contribution in [2.24, 2.45) is 0 Å². The zero-order valence-electron chi connectivity index (χ0n) is 6.00. The van der Waals surface area contributed by atoms with Gasteiger partial charge in [0.25, 0.3) is 0 Å². The molecule has 0 N–H and O–H groups in total. The smallest absolute Gasteiger partial charge is 0.336 e. The lowest BCUT2D eigenvalue weighted by Gasteiger charge is -2.04. The van der Waals surface area contributed by atoms with E-state index in [1.54, 1.807) is 0 Å². The molecule has 0 spiro atoms. The lowest BCUT2D eigenvalue weighted by molar-refractivity contribution is 0.0466. The minimum atomic E-state index is -2.73. The van der Waals surface area contributed by atoms with Crippen LogP contribution >= 0.6 is 0 Å². The van der Waals surface area contributed by atoms with E-state index in [2.05, 4.69) is 17.2 Å². The maximum absolute atomic E-state index is 12.0. The molecule has 63 valence electrons.